The van der Waals surface area contributed by atoms with Crippen LogP contribution in [0.2, 0.25) is 0 Å². The number of sulfonamides is 1. The van der Waals surface area contributed by atoms with Crippen molar-refractivity contribution in [1.29, 1.82) is 0 Å². The SMILES string of the molecule is CCN(c1ccccc1C)S(=O)(=O)c1cnn(CCO)c1. The predicted octanol–water partition coefficient (Wildman–Crippen LogP) is 1.40. The van der Waals surface area contributed by atoms with E-state index in [0.717, 1.165) is 5.56 Å². The van der Waals surface area contributed by atoms with Gasteiger partial charge in [-0.25, -0.2) is 8.42 Å². The summed E-state index contributed by atoms with van der Waals surface area (Å²) in [5.74, 6) is 0. The topological polar surface area (TPSA) is 75.4 Å². The molecule has 0 unspecified atom stereocenters. The summed E-state index contributed by atoms with van der Waals surface area (Å²) in [6.45, 7) is 4.19. The first-order chi connectivity index (χ1) is 10.0. The highest BCUT2D eigenvalue weighted by Crippen LogP contribution is 2.26. The molecule has 1 aromatic heterocycles. The molecule has 0 aliphatic heterocycles. The van der Waals surface area contributed by atoms with Crippen molar-refractivity contribution in [1.82, 2.24) is 9.78 Å². The Labute approximate surface area is 124 Å². The summed E-state index contributed by atoms with van der Waals surface area (Å²) in [7, 11) is -3.66. The largest absolute Gasteiger partial charge is 0.394 e. The lowest BCUT2D eigenvalue weighted by Gasteiger charge is -2.23. The standard InChI is InChI=1S/C14H19N3O3S/c1-3-17(14-7-5-4-6-12(14)2)21(19,20)13-10-15-16(11-13)8-9-18/h4-7,10-11,18H,3,8-9H2,1-2H3. The van der Waals surface area contributed by atoms with Crippen LogP contribution in [0, 0.1) is 6.92 Å². The Morgan fingerprint density at radius 1 is 1.33 bits per heavy atom. The van der Waals surface area contributed by atoms with Crippen molar-refractivity contribution in [3.05, 3.63) is 42.2 Å². The maximum Gasteiger partial charge on any atom is 0.267 e. The number of aliphatic hydroxyl groups excluding tert-OH is 1. The van der Waals surface area contributed by atoms with Crippen molar-refractivity contribution in [2.45, 2.75) is 25.3 Å². The Balaban J connectivity index is 2.42. The van der Waals surface area contributed by atoms with Crippen molar-refractivity contribution in [3.8, 4) is 0 Å². The fraction of sp³-hybridized carbons (Fsp3) is 0.357. The van der Waals surface area contributed by atoms with E-state index in [0.29, 0.717) is 12.2 Å². The molecule has 0 aliphatic carbocycles. The molecule has 2 rings (SSSR count). The number of hydrogen-bond acceptors (Lipinski definition) is 4. The fourth-order valence-electron chi connectivity index (χ4n) is 2.14. The van der Waals surface area contributed by atoms with E-state index < -0.39 is 10.0 Å². The normalized spacial score (nSPS) is 11.6. The molecule has 0 saturated heterocycles. The zero-order valence-corrected chi connectivity index (χ0v) is 12.9. The van der Waals surface area contributed by atoms with Gasteiger partial charge in [-0.15, -0.1) is 0 Å². The number of benzene rings is 1. The average molecular weight is 309 g/mol. The maximum absolute atomic E-state index is 12.7. The van der Waals surface area contributed by atoms with E-state index >= 15 is 0 Å². The summed E-state index contributed by atoms with van der Waals surface area (Å²) >= 11 is 0. The lowest BCUT2D eigenvalue weighted by Crippen LogP contribution is -2.31. The smallest absolute Gasteiger partial charge is 0.267 e. The van der Waals surface area contributed by atoms with Crippen LogP contribution in [0.25, 0.3) is 0 Å². The first-order valence-corrected chi connectivity index (χ1v) is 8.16. The van der Waals surface area contributed by atoms with Gasteiger partial charge in [0.1, 0.15) is 4.90 Å². The van der Waals surface area contributed by atoms with Gasteiger partial charge in [-0.2, -0.15) is 5.10 Å². The van der Waals surface area contributed by atoms with Gasteiger partial charge in [-0.3, -0.25) is 8.99 Å². The summed E-state index contributed by atoms with van der Waals surface area (Å²) in [6.07, 6.45) is 2.75. The van der Waals surface area contributed by atoms with E-state index in [1.807, 2.05) is 25.1 Å². The molecule has 0 atom stereocenters. The molecule has 2 aromatic rings. The fourth-order valence-corrected chi connectivity index (χ4v) is 3.64. The van der Waals surface area contributed by atoms with Gasteiger partial charge in [0.2, 0.25) is 0 Å². The molecule has 0 amide bonds. The minimum atomic E-state index is -3.66. The number of aromatic nitrogens is 2. The number of para-hydroxylation sites is 1. The van der Waals surface area contributed by atoms with Crippen LogP contribution < -0.4 is 4.31 Å². The van der Waals surface area contributed by atoms with Crippen LogP contribution in [-0.2, 0) is 16.6 Å². The van der Waals surface area contributed by atoms with Crippen molar-refractivity contribution in [3.63, 3.8) is 0 Å². The summed E-state index contributed by atoms with van der Waals surface area (Å²) < 4.78 is 28.3. The Hall–Kier alpha value is -1.86. The molecule has 0 aliphatic rings. The second kappa shape index (κ2) is 6.28. The lowest BCUT2D eigenvalue weighted by atomic mass is 10.2. The van der Waals surface area contributed by atoms with Crippen molar-refractivity contribution < 1.29 is 13.5 Å². The van der Waals surface area contributed by atoms with Gasteiger partial charge in [0.25, 0.3) is 10.0 Å². The van der Waals surface area contributed by atoms with E-state index in [1.165, 1.54) is 21.4 Å². The van der Waals surface area contributed by atoms with Crippen LogP contribution in [0.15, 0.2) is 41.6 Å². The van der Waals surface area contributed by atoms with Gasteiger partial charge in [-0.05, 0) is 25.5 Å². The highest BCUT2D eigenvalue weighted by molar-refractivity contribution is 7.92. The molecule has 6 nitrogen and oxygen atoms in total. The molecule has 7 heteroatoms. The number of nitrogens with zero attached hydrogens (tertiary/aromatic N) is 3. The van der Waals surface area contributed by atoms with Crippen LogP contribution in [0.4, 0.5) is 5.69 Å². The minimum absolute atomic E-state index is 0.0869. The monoisotopic (exact) mass is 309 g/mol. The zero-order valence-electron chi connectivity index (χ0n) is 12.1. The van der Waals surface area contributed by atoms with Gasteiger partial charge >= 0.3 is 0 Å². The van der Waals surface area contributed by atoms with Gasteiger partial charge in [0.05, 0.1) is 25.0 Å². The van der Waals surface area contributed by atoms with E-state index in [1.54, 1.807) is 13.0 Å². The third kappa shape index (κ3) is 3.08. The molecule has 0 saturated carbocycles. The average Bonchev–Trinajstić information content (AvgIpc) is 2.91. The molecule has 0 radical (unpaired) electrons. The number of aryl methyl sites for hydroxylation is 1. The summed E-state index contributed by atoms with van der Waals surface area (Å²) in [6, 6.07) is 7.35. The summed E-state index contributed by atoms with van der Waals surface area (Å²) in [5.41, 5.74) is 1.56. The second-order valence-electron chi connectivity index (χ2n) is 4.62. The Bertz CT molecular complexity index is 710. The molecular formula is C14H19N3O3S. The molecule has 1 N–H and O–H groups in total. The number of aliphatic hydroxyl groups is 1. The number of hydrogen-bond donors (Lipinski definition) is 1. The van der Waals surface area contributed by atoms with Crippen LogP contribution >= 0.6 is 0 Å². The zero-order chi connectivity index (χ0) is 15.5. The molecule has 0 bridgehead atoms. The second-order valence-corrected chi connectivity index (χ2v) is 6.48. The first-order valence-electron chi connectivity index (χ1n) is 6.72. The van der Waals surface area contributed by atoms with Crippen LogP contribution in [0.5, 0.6) is 0 Å². The molecule has 114 valence electrons. The van der Waals surface area contributed by atoms with E-state index in [9.17, 15) is 8.42 Å². The van der Waals surface area contributed by atoms with Crippen LogP contribution in [0.3, 0.4) is 0 Å². The molecule has 1 heterocycles. The third-order valence-electron chi connectivity index (χ3n) is 3.20. The van der Waals surface area contributed by atoms with Crippen molar-refractivity contribution in [2.75, 3.05) is 17.5 Å². The first kappa shape index (κ1) is 15.5. The van der Waals surface area contributed by atoms with Gasteiger partial charge < -0.3 is 5.11 Å². The quantitative estimate of drug-likeness (QED) is 0.875. The molecular weight excluding hydrogens is 290 g/mol. The Morgan fingerprint density at radius 2 is 2.05 bits per heavy atom. The Kier molecular flexibility index (Phi) is 4.64. The van der Waals surface area contributed by atoms with Crippen LogP contribution in [0.1, 0.15) is 12.5 Å². The van der Waals surface area contributed by atoms with Crippen molar-refractivity contribution >= 4 is 15.7 Å². The number of rotatable bonds is 6. The molecule has 0 spiro atoms. The van der Waals surface area contributed by atoms with E-state index in [-0.39, 0.29) is 18.0 Å². The van der Waals surface area contributed by atoms with E-state index in [2.05, 4.69) is 5.10 Å². The van der Waals surface area contributed by atoms with Gasteiger partial charge in [-0.1, -0.05) is 18.2 Å². The maximum atomic E-state index is 12.7. The molecule has 1 aromatic carbocycles. The predicted molar refractivity (Wildman–Crippen MR) is 80.7 cm³/mol. The summed E-state index contributed by atoms with van der Waals surface area (Å²) in [4.78, 5) is 0.126. The van der Waals surface area contributed by atoms with Gasteiger partial charge in [0, 0.05) is 12.7 Å². The molecule has 21 heavy (non-hydrogen) atoms. The van der Waals surface area contributed by atoms with Gasteiger partial charge in [0.15, 0.2) is 0 Å². The third-order valence-corrected chi connectivity index (χ3v) is 5.04. The van der Waals surface area contributed by atoms with Crippen LogP contribution in [-0.4, -0.2) is 36.5 Å². The van der Waals surface area contributed by atoms with Crippen molar-refractivity contribution in [2.24, 2.45) is 0 Å². The van der Waals surface area contributed by atoms with E-state index in [4.69, 9.17) is 5.11 Å². The highest BCUT2D eigenvalue weighted by atomic mass is 32.2. The summed E-state index contributed by atoms with van der Waals surface area (Å²) in [5, 5.41) is 12.8. The molecule has 0 fully saturated rings. The highest BCUT2D eigenvalue weighted by Gasteiger charge is 2.26. The minimum Gasteiger partial charge on any atom is -0.394 e. The lowest BCUT2D eigenvalue weighted by molar-refractivity contribution is 0.269. The Morgan fingerprint density at radius 3 is 2.67 bits per heavy atom. The number of anilines is 1.